The minimum Gasteiger partial charge on any atom is -0.364 e. The fraction of sp³-hybridized carbons (Fsp3) is 0.267. The van der Waals surface area contributed by atoms with Gasteiger partial charge in [-0.2, -0.15) is 9.97 Å². The number of halogens is 2. The van der Waals surface area contributed by atoms with E-state index in [1.165, 1.54) is 0 Å². The first-order valence-corrected chi connectivity index (χ1v) is 7.68. The molecule has 3 rings (SSSR count). The molecule has 1 N–H and O–H groups in total. The molecule has 0 saturated heterocycles. The zero-order valence-electron chi connectivity index (χ0n) is 12.2. The summed E-state index contributed by atoms with van der Waals surface area (Å²) in [6, 6.07) is 7.90. The molecule has 2 heterocycles. The van der Waals surface area contributed by atoms with E-state index in [0.29, 0.717) is 22.9 Å². The molecule has 0 spiro atoms. The average molecular weight is 336 g/mol. The zero-order valence-corrected chi connectivity index (χ0v) is 13.7. The predicted octanol–water partition coefficient (Wildman–Crippen LogP) is 4.33. The highest BCUT2D eigenvalue weighted by atomic mass is 35.5. The maximum absolute atomic E-state index is 6.04. The summed E-state index contributed by atoms with van der Waals surface area (Å²) in [5.41, 5.74) is 2.49. The molecule has 0 aliphatic carbocycles. The fourth-order valence-electron chi connectivity index (χ4n) is 2.22. The van der Waals surface area contributed by atoms with Gasteiger partial charge in [0.1, 0.15) is 0 Å². The summed E-state index contributed by atoms with van der Waals surface area (Å²) in [4.78, 5) is 12.9. The maximum Gasteiger partial charge on any atom is 0.226 e. The molecule has 0 unspecified atom stereocenters. The highest BCUT2D eigenvalue weighted by molar-refractivity contribution is 6.30. The van der Waals surface area contributed by atoms with Gasteiger partial charge in [0.2, 0.25) is 5.28 Å². The Hall–Kier alpha value is -1.85. The molecule has 114 valence electrons. The molecule has 2 aromatic heterocycles. The number of benzene rings is 1. The van der Waals surface area contributed by atoms with E-state index in [1.54, 1.807) is 6.33 Å². The van der Waals surface area contributed by atoms with Crippen molar-refractivity contribution >= 4 is 40.2 Å². The summed E-state index contributed by atoms with van der Waals surface area (Å²) < 4.78 is 1.97. The van der Waals surface area contributed by atoms with E-state index < -0.39 is 0 Å². The van der Waals surface area contributed by atoms with E-state index in [1.807, 2.05) is 28.8 Å². The van der Waals surface area contributed by atoms with Crippen LogP contribution < -0.4 is 5.32 Å². The number of fused-ring (bicyclic) bond motifs is 1. The first kappa shape index (κ1) is 15.1. The summed E-state index contributed by atoms with van der Waals surface area (Å²) in [6.45, 7) is 4.71. The Balaban J connectivity index is 1.93. The van der Waals surface area contributed by atoms with Crippen molar-refractivity contribution in [2.45, 2.75) is 26.4 Å². The third kappa shape index (κ3) is 3.00. The van der Waals surface area contributed by atoms with Crippen molar-refractivity contribution in [1.82, 2.24) is 19.5 Å². The molecule has 0 radical (unpaired) electrons. The largest absolute Gasteiger partial charge is 0.364 e. The molecule has 5 nitrogen and oxygen atoms in total. The van der Waals surface area contributed by atoms with Crippen LogP contribution in [0, 0.1) is 0 Å². The van der Waals surface area contributed by atoms with Gasteiger partial charge >= 0.3 is 0 Å². The Kier molecular flexibility index (Phi) is 4.18. The lowest BCUT2D eigenvalue weighted by Crippen LogP contribution is -2.05. The fourth-order valence-corrected chi connectivity index (χ4v) is 2.60. The second-order valence-electron chi connectivity index (χ2n) is 5.24. The van der Waals surface area contributed by atoms with E-state index in [2.05, 4.69) is 34.1 Å². The Morgan fingerprint density at radius 2 is 2.05 bits per heavy atom. The highest BCUT2D eigenvalue weighted by Crippen LogP contribution is 2.23. The first-order chi connectivity index (χ1) is 10.5. The van der Waals surface area contributed by atoms with Crippen LogP contribution in [-0.2, 0) is 6.54 Å². The molecule has 1 aromatic carbocycles. The number of hydrogen-bond acceptors (Lipinski definition) is 4. The number of nitrogens with zero attached hydrogens (tertiary/aromatic N) is 4. The lowest BCUT2D eigenvalue weighted by Gasteiger charge is -2.09. The van der Waals surface area contributed by atoms with Crippen LogP contribution in [0.2, 0.25) is 10.3 Å². The average Bonchev–Trinajstić information content (AvgIpc) is 2.88. The van der Waals surface area contributed by atoms with Gasteiger partial charge in [-0.05, 0) is 43.1 Å². The molecule has 22 heavy (non-hydrogen) atoms. The summed E-state index contributed by atoms with van der Waals surface area (Å²) in [7, 11) is 0. The monoisotopic (exact) mass is 335 g/mol. The maximum atomic E-state index is 6.04. The van der Waals surface area contributed by atoms with Crippen LogP contribution in [0.5, 0.6) is 0 Å². The molecule has 0 amide bonds. The van der Waals surface area contributed by atoms with Gasteiger partial charge < -0.3 is 9.88 Å². The SMILES string of the molecule is CC(C)n1cnc2c(NCc3cccc(Cl)c3)nc(Cl)nc21. The van der Waals surface area contributed by atoms with E-state index in [-0.39, 0.29) is 11.3 Å². The normalized spacial score (nSPS) is 11.3. The molecule has 0 aliphatic rings. The van der Waals surface area contributed by atoms with Gasteiger partial charge in [-0.15, -0.1) is 0 Å². The Morgan fingerprint density at radius 3 is 2.77 bits per heavy atom. The predicted molar refractivity (Wildman–Crippen MR) is 89.5 cm³/mol. The van der Waals surface area contributed by atoms with Crippen LogP contribution >= 0.6 is 23.2 Å². The standard InChI is InChI=1S/C15H15Cl2N5/c1-9(2)22-8-19-12-13(20-15(17)21-14(12)22)18-7-10-4-3-5-11(16)6-10/h3-6,8-9H,7H2,1-2H3,(H,18,20,21). The Bertz CT molecular complexity index is 813. The summed E-state index contributed by atoms with van der Waals surface area (Å²) in [5.74, 6) is 0.620. The molecule has 0 fully saturated rings. The molecule has 3 aromatic rings. The van der Waals surface area contributed by atoms with Crippen LogP contribution in [0.15, 0.2) is 30.6 Å². The lowest BCUT2D eigenvalue weighted by molar-refractivity contribution is 0.612. The minimum atomic E-state index is 0.198. The van der Waals surface area contributed by atoms with Crippen LogP contribution in [0.1, 0.15) is 25.5 Å². The second-order valence-corrected chi connectivity index (χ2v) is 6.02. The number of hydrogen-bond donors (Lipinski definition) is 1. The van der Waals surface area contributed by atoms with Crippen molar-refractivity contribution in [3.05, 3.63) is 46.5 Å². The zero-order chi connectivity index (χ0) is 15.7. The van der Waals surface area contributed by atoms with Crippen molar-refractivity contribution in [1.29, 1.82) is 0 Å². The van der Waals surface area contributed by atoms with Gasteiger partial charge in [0.05, 0.1) is 6.33 Å². The van der Waals surface area contributed by atoms with Gasteiger partial charge in [-0.3, -0.25) is 0 Å². The van der Waals surface area contributed by atoms with Crippen molar-refractivity contribution in [3.8, 4) is 0 Å². The molecular formula is C15H15Cl2N5. The van der Waals surface area contributed by atoms with Crippen LogP contribution in [0.4, 0.5) is 5.82 Å². The number of rotatable bonds is 4. The number of aromatic nitrogens is 4. The number of imidazole rings is 1. The van der Waals surface area contributed by atoms with Crippen LogP contribution in [0.3, 0.4) is 0 Å². The topological polar surface area (TPSA) is 55.6 Å². The molecular weight excluding hydrogens is 321 g/mol. The first-order valence-electron chi connectivity index (χ1n) is 6.93. The second kappa shape index (κ2) is 6.10. The summed E-state index contributed by atoms with van der Waals surface area (Å²) in [5, 5.41) is 4.15. The number of nitrogens with one attached hydrogen (secondary N) is 1. The minimum absolute atomic E-state index is 0.198. The van der Waals surface area contributed by atoms with E-state index >= 15 is 0 Å². The molecule has 0 saturated carbocycles. The lowest BCUT2D eigenvalue weighted by atomic mass is 10.2. The van der Waals surface area contributed by atoms with E-state index in [4.69, 9.17) is 23.2 Å². The van der Waals surface area contributed by atoms with E-state index in [0.717, 1.165) is 11.2 Å². The van der Waals surface area contributed by atoms with Crippen molar-refractivity contribution < 1.29 is 0 Å². The Morgan fingerprint density at radius 1 is 1.23 bits per heavy atom. The molecule has 0 atom stereocenters. The van der Waals surface area contributed by atoms with Crippen LogP contribution in [0.25, 0.3) is 11.2 Å². The van der Waals surface area contributed by atoms with Gasteiger partial charge in [0.15, 0.2) is 17.0 Å². The molecule has 0 bridgehead atoms. The number of anilines is 1. The van der Waals surface area contributed by atoms with Crippen LogP contribution in [-0.4, -0.2) is 19.5 Å². The van der Waals surface area contributed by atoms with Crippen molar-refractivity contribution in [2.24, 2.45) is 0 Å². The molecule has 0 aliphatic heterocycles. The van der Waals surface area contributed by atoms with Gasteiger partial charge in [0, 0.05) is 17.6 Å². The summed E-state index contributed by atoms with van der Waals surface area (Å²) in [6.07, 6.45) is 1.75. The summed E-state index contributed by atoms with van der Waals surface area (Å²) >= 11 is 12.0. The quantitative estimate of drug-likeness (QED) is 0.721. The van der Waals surface area contributed by atoms with Gasteiger partial charge in [-0.1, -0.05) is 23.7 Å². The van der Waals surface area contributed by atoms with Crippen molar-refractivity contribution in [3.63, 3.8) is 0 Å². The smallest absolute Gasteiger partial charge is 0.226 e. The molecule has 7 heteroatoms. The highest BCUT2D eigenvalue weighted by Gasteiger charge is 2.13. The van der Waals surface area contributed by atoms with E-state index in [9.17, 15) is 0 Å². The van der Waals surface area contributed by atoms with Gasteiger partial charge in [0.25, 0.3) is 0 Å². The van der Waals surface area contributed by atoms with Crippen molar-refractivity contribution in [2.75, 3.05) is 5.32 Å². The third-order valence-electron chi connectivity index (χ3n) is 3.30. The third-order valence-corrected chi connectivity index (χ3v) is 3.70. The Labute approximate surface area is 138 Å². The van der Waals surface area contributed by atoms with Gasteiger partial charge in [-0.25, -0.2) is 4.98 Å².